The maximum atomic E-state index is 11.7. The molecule has 0 aliphatic rings. The van der Waals surface area contributed by atoms with Gasteiger partial charge in [-0.05, 0) is 52.7 Å². The zero-order chi connectivity index (χ0) is 17.5. The van der Waals surface area contributed by atoms with Crippen molar-refractivity contribution in [1.82, 2.24) is 4.98 Å². The summed E-state index contributed by atoms with van der Waals surface area (Å²) in [6.45, 7) is 9.47. The molecule has 1 rings (SSSR count). The lowest BCUT2D eigenvalue weighted by molar-refractivity contribution is -0.155. The van der Waals surface area contributed by atoms with Crippen LogP contribution >= 0.6 is 0 Å². The molecule has 1 aromatic heterocycles. The SMILES string of the molecule is CC(C)Oc1cncc(C=CCC(N)CC(=O)OC(C)(C)C)c1. The predicted molar refractivity (Wildman–Crippen MR) is 92.1 cm³/mol. The summed E-state index contributed by atoms with van der Waals surface area (Å²) < 4.78 is 10.9. The van der Waals surface area contributed by atoms with Crippen molar-refractivity contribution in [2.45, 2.75) is 65.2 Å². The molecule has 1 aromatic rings. The van der Waals surface area contributed by atoms with Crippen LogP contribution in [0.15, 0.2) is 24.5 Å². The molecule has 5 nitrogen and oxygen atoms in total. The summed E-state index contributed by atoms with van der Waals surface area (Å²) in [7, 11) is 0. The lowest BCUT2D eigenvalue weighted by Gasteiger charge is -2.20. The van der Waals surface area contributed by atoms with E-state index in [1.54, 1.807) is 12.4 Å². The molecule has 23 heavy (non-hydrogen) atoms. The van der Waals surface area contributed by atoms with Crippen LogP contribution in [-0.4, -0.2) is 28.7 Å². The van der Waals surface area contributed by atoms with E-state index in [2.05, 4.69) is 4.98 Å². The highest BCUT2D eigenvalue weighted by molar-refractivity contribution is 5.70. The Bertz CT molecular complexity index is 533. The third-order valence-corrected chi connectivity index (χ3v) is 2.70. The molecule has 0 aromatic carbocycles. The van der Waals surface area contributed by atoms with Crippen LogP contribution in [0.3, 0.4) is 0 Å². The number of nitrogens with two attached hydrogens (primary N) is 1. The molecule has 1 heterocycles. The average Bonchev–Trinajstić information content (AvgIpc) is 2.35. The van der Waals surface area contributed by atoms with Gasteiger partial charge in [-0.3, -0.25) is 9.78 Å². The highest BCUT2D eigenvalue weighted by Crippen LogP contribution is 2.15. The molecule has 5 heteroatoms. The minimum absolute atomic E-state index is 0.110. The molecular formula is C18H28N2O3. The highest BCUT2D eigenvalue weighted by atomic mass is 16.6. The molecule has 2 N–H and O–H groups in total. The Morgan fingerprint density at radius 2 is 2.04 bits per heavy atom. The third kappa shape index (κ3) is 8.98. The topological polar surface area (TPSA) is 74.4 Å². The van der Waals surface area contributed by atoms with Gasteiger partial charge in [-0.2, -0.15) is 0 Å². The van der Waals surface area contributed by atoms with Crippen LogP contribution in [0.25, 0.3) is 6.08 Å². The van der Waals surface area contributed by atoms with Gasteiger partial charge in [0, 0.05) is 12.2 Å². The largest absolute Gasteiger partial charge is 0.489 e. The van der Waals surface area contributed by atoms with Gasteiger partial charge in [0.2, 0.25) is 0 Å². The van der Waals surface area contributed by atoms with Crippen molar-refractivity contribution in [1.29, 1.82) is 0 Å². The molecule has 0 amide bonds. The fourth-order valence-electron chi connectivity index (χ4n) is 1.92. The van der Waals surface area contributed by atoms with E-state index in [-0.39, 0.29) is 24.5 Å². The molecule has 0 spiro atoms. The summed E-state index contributed by atoms with van der Waals surface area (Å²) in [4.78, 5) is 15.8. The van der Waals surface area contributed by atoms with E-state index in [4.69, 9.17) is 15.2 Å². The fraction of sp³-hybridized carbons (Fsp3) is 0.556. The number of aromatic nitrogens is 1. The Morgan fingerprint density at radius 1 is 1.35 bits per heavy atom. The standard InChI is InChI=1S/C18H28N2O3/c1-13(2)22-16-9-14(11-20-12-16)7-6-8-15(19)10-17(21)23-18(3,4)5/h6-7,9,11-13,15H,8,10,19H2,1-5H3. The van der Waals surface area contributed by atoms with E-state index >= 15 is 0 Å². The van der Waals surface area contributed by atoms with Gasteiger partial charge < -0.3 is 15.2 Å². The molecule has 0 bridgehead atoms. The van der Waals surface area contributed by atoms with Gasteiger partial charge in [-0.15, -0.1) is 0 Å². The Balaban J connectivity index is 2.47. The third-order valence-electron chi connectivity index (χ3n) is 2.70. The van der Waals surface area contributed by atoms with Gasteiger partial charge in [-0.1, -0.05) is 12.2 Å². The Morgan fingerprint density at radius 3 is 2.65 bits per heavy atom. The molecule has 128 valence electrons. The molecule has 0 saturated heterocycles. The van der Waals surface area contributed by atoms with Crippen molar-refractivity contribution in [3.8, 4) is 5.75 Å². The average molecular weight is 320 g/mol. The first-order chi connectivity index (χ1) is 10.7. The molecule has 1 unspecified atom stereocenters. The molecule has 0 saturated carbocycles. The Hall–Kier alpha value is -1.88. The molecule has 0 radical (unpaired) electrons. The molecule has 0 aliphatic carbocycles. The summed E-state index contributed by atoms with van der Waals surface area (Å²) in [5, 5.41) is 0. The molecule has 0 aliphatic heterocycles. The maximum absolute atomic E-state index is 11.7. The van der Waals surface area contributed by atoms with E-state index in [9.17, 15) is 4.79 Å². The summed E-state index contributed by atoms with van der Waals surface area (Å²) >= 11 is 0. The van der Waals surface area contributed by atoms with Crippen molar-refractivity contribution in [3.05, 3.63) is 30.1 Å². The summed E-state index contributed by atoms with van der Waals surface area (Å²) in [5.41, 5.74) is 6.42. The van der Waals surface area contributed by atoms with Crippen LogP contribution in [0.1, 0.15) is 53.0 Å². The number of hydrogen-bond donors (Lipinski definition) is 1. The monoisotopic (exact) mass is 320 g/mol. The minimum Gasteiger partial charge on any atom is -0.489 e. The molecule has 1 atom stereocenters. The van der Waals surface area contributed by atoms with Crippen LogP contribution in [0, 0.1) is 0 Å². The van der Waals surface area contributed by atoms with Gasteiger partial charge in [-0.25, -0.2) is 0 Å². The van der Waals surface area contributed by atoms with Crippen molar-refractivity contribution in [2.24, 2.45) is 5.73 Å². The quantitative estimate of drug-likeness (QED) is 0.780. The van der Waals surface area contributed by atoms with Crippen LogP contribution < -0.4 is 10.5 Å². The second kappa shape index (κ2) is 8.67. The van der Waals surface area contributed by atoms with Crippen molar-refractivity contribution in [2.75, 3.05) is 0 Å². The van der Waals surface area contributed by atoms with Crippen LogP contribution in [0.2, 0.25) is 0 Å². The lowest BCUT2D eigenvalue weighted by atomic mass is 10.1. The predicted octanol–water partition coefficient (Wildman–Crippen LogP) is 3.33. The summed E-state index contributed by atoms with van der Waals surface area (Å²) in [6.07, 6.45) is 8.21. The van der Waals surface area contributed by atoms with E-state index in [1.165, 1.54) is 0 Å². The summed E-state index contributed by atoms with van der Waals surface area (Å²) in [6, 6.07) is 1.66. The van der Waals surface area contributed by atoms with Gasteiger partial charge in [0.05, 0.1) is 18.7 Å². The number of rotatable bonds is 7. The first-order valence-corrected chi connectivity index (χ1v) is 7.91. The fourth-order valence-corrected chi connectivity index (χ4v) is 1.92. The van der Waals surface area contributed by atoms with Crippen molar-refractivity contribution < 1.29 is 14.3 Å². The number of hydrogen-bond acceptors (Lipinski definition) is 5. The van der Waals surface area contributed by atoms with Gasteiger partial charge in [0.25, 0.3) is 0 Å². The number of pyridine rings is 1. The minimum atomic E-state index is -0.477. The maximum Gasteiger partial charge on any atom is 0.307 e. The normalized spacial score (nSPS) is 13.3. The second-order valence-corrected chi connectivity index (χ2v) is 6.81. The summed E-state index contributed by atoms with van der Waals surface area (Å²) in [5.74, 6) is 0.465. The van der Waals surface area contributed by atoms with Gasteiger partial charge in [0.15, 0.2) is 0 Å². The van der Waals surface area contributed by atoms with Gasteiger partial charge >= 0.3 is 5.97 Å². The molecular weight excluding hydrogens is 292 g/mol. The highest BCUT2D eigenvalue weighted by Gasteiger charge is 2.18. The van der Waals surface area contributed by atoms with E-state index in [1.807, 2.05) is 52.8 Å². The Labute approximate surface area is 138 Å². The van der Waals surface area contributed by atoms with Crippen molar-refractivity contribution >= 4 is 12.0 Å². The van der Waals surface area contributed by atoms with Crippen molar-refractivity contribution in [3.63, 3.8) is 0 Å². The zero-order valence-electron chi connectivity index (χ0n) is 14.7. The number of carbonyl (C=O) groups excluding carboxylic acids is 1. The molecule has 0 fully saturated rings. The second-order valence-electron chi connectivity index (χ2n) is 6.81. The first kappa shape index (κ1) is 19.2. The number of nitrogens with zero attached hydrogens (tertiary/aromatic N) is 1. The Kier molecular flexibility index (Phi) is 7.23. The zero-order valence-corrected chi connectivity index (χ0v) is 14.7. The van der Waals surface area contributed by atoms with E-state index in [0.29, 0.717) is 6.42 Å². The van der Waals surface area contributed by atoms with Crippen LogP contribution in [-0.2, 0) is 9.53 Å². The van der Waals surface area contributed by atoms with Gasteiger partial charge in [0.1, 0.15) is 11.4 Å². The number of carbonyl (C=O) groups is 1. The van der Waals surface area contributed by atoms with Crippen LogP contribution in [0.5, 0.6) is 5.75 Å². The van der Waals surface area contributed by atoms with Crippen LogP contribution in [0.4, 0.5) is 0 Å². The van der Waals surface area contributed by atoms with E-state index in [0.717, 1.165) is 11.3 Å². The number of ether oxygens (including phenoxy) is 2. The first-order valence-electron chi connectivity index (χ1n) is 7.91. The smallest absolute Gasteiger partial charge is 0.307 e. The lowest BCUT2D eigenvalue weighted by Crippen LogP contribution is -2.29. The number of esters is 1. The van der Waals surface area contributed by atoms with E-state index < -0.39 is 5.60 Å².